The average molecular weight is 565 g/mol. The molecule has 38 heavy (non-hydrogen) atoms. The first-order valence-electron chi connectivity index (χ1n) is 12.2. The summed E-state index contributed by atoms with van der Waals surface area (Å²) in [5, 5.41) is 6.13. The van der Waals surface area contributed by atoms with E-state index in [0.717, 1.165) is 57.6 Å². The third-order valence-corrected chi connectivity index (χ3v) is 8.96. The second kappa shape index (κ2) is 10.8. The van der Waals surface area contributed by atoms with Gasteiger partial charge in [-0.3, -0.25) is 4.40 Å². The van der Waals surface area contributed by atoms with Crippen molar-refractivity contribution < 1.29 is 8.95 Å². The standard InChI is InChI=1S/C27H25ClN6O2S2/c1-36-21-6-2-4-18(16-21)24-25(34-14-15-37-27(34)32-24)23-11-12-29-26(31-23)30-20-5-3-13-33(17-20)38(35)22-9-7-19(28)8-10-22/h2,4,6-12,14-16,20H,3,5,13,17H2,1H3,(H,29,30,31). The maximum Gasteiger partial charge on any atom is 0.223 e. The van der Waals surface area contributed by atoms with Gasteiger partial charge in [0.15, 0.2) is 4.96 Å². The van der Waals surface area contributed by atoms with Crippen LogP contribution in [-0.2, 0) is 11.0 Å². The molecule has 4 heterocycles. The molecule has 0 amide bonds. The van der Waals surface area contributed by atoms with Crippen LogP contribution < -0.4 is 10.1 Å². The number of imidazole rings is 1. The van der Waals surface area contributed by atoms with Crippen LogP contribution in [0.25, 0.3) is 27.6 Å². The van der Waals surface area contributed by atoms with E-state index < -0.39 is 11.0 Å². The Morgan fingerprint density at radius 3 is 2.87 bits per heavy atom. The van der Waals surface area contributed by atoms with Crippen LogP contribution in [0.1, 0.15) is 12.8 Å². The molecule has 1 aliphatic rings. The number of halogens is 1. The number of piperidine rings is 1. The number of hydrogen-bond donors (Lipinski definition) is 1. The Morgan fingerprint density at radius 2 is 2.03 bits per heavy atom. The largest absolute Gasteiger partial charge is 0.497 e. The third kappa shape index (κ3) is 5.04. The Balaban J connectivity index is 1.26. The smallest absolute Gasteiger partial charge is 0.223 e. The van der Waals surface area contributed by atoms with E-state index in [1.54, 1.807) is 36.8 Å². The SMILES string of the molecule is COc1cccc(-c2nc3sccn3c2-c2ccnc(NC3CCCN(S(=O)c4ccc(Cl)cc4)C3)n2)c1. The van der Waals surface area contributed by atoms with Crippen LogP contribution in [-0.4, -0.2) is 54.1 Å². The lowest BCUT2D eigenvalue weighted by Gasteiger charge is -2.32. The van der Waals surface area contributed by atoms with E-state index >= 15 is 0 Å². The second-order valence-corrected chi connectivity index (χ2v) is 11.7. The zero-order valence-electron chi connectivity index (χ0n) is 20.6. The van der Waals surface area contributed by atoms with Crippen molar-refractivity contribution in [2.45, 2.75) is 23.8 Å². The van der Waals surface area contributed by atoms with E-state index in [-0.39, 0.29) is 6.04 Å². The predicted octanol–water partition coefficient (Wildman–Crippen LogP) is 5.78. The van der Waals surface area contributed by atoms with E-state index in [9.17, 15) is 4.21 Å². The fraction of sp³-hybridized carbons (Fsp3) is 0.222. The lowest BCUT2D eigenvalue weighted by Crippen LogP contribution is -2.43. The summed E-state index contributed by atoms with van der Waals surface area (Å²) in [4.78, 5) is 15.9. The summed E-state index contributed by atoms with van der Waals surface area (Å²) >= 11 is 7.58. The highest BCUT2D eigenvalue weighted by molar-refractivity contribution is 7.82. The molecule has 6 rings (SSSR count). The second-order valence-electron chi connectivity index (χ2n) is 8.94. The average Bonchev–Trinajstić information content (AvgIpc) is 3.55. The molecule has 0 saturated carbocycles. The van der Waals surface area contributed by atoms with Gasteiger partial charge in [-0.2, -0.15) is 0 Å². The topological polar surface area (TPSA) is 84.7 Å². The molecular formula is C27H25ClN6O2S2. The molecule has 0 radical (unpaired) electrons. The van der Waals surface area contributed by atoms with Crippen molar-refractivity contribution in [2.24, 2.45) is 0 Å². The quantitative estimate of drug-likeness (QED) is 0.270. The number of aromatic nitrogens is 4. The minimum Gasteiger partial charge on any atom is -0.497 e. The van der Waals surface area contributed by atoms with Gasteiger partial charge in [0.25, 0.3) is 0 Å². The Morgan fingerprint density at radius 1 is 1.16 bits per heavy atom. The van der Waals surface area contributed by atoms with Crippen molar-refractivity contribution in [1.82, 2.24) is 23.7 Å². The molecule has 3 aromatic heterocycles. The number of nitrogens with zero attached hydrogens (tertiary/aromatic N) is 5. The molecule has 1 saturated heterocycles. The Bertz CT molecular complexity index is 1600. The number of benzene rings is 2. The highest BCUT2D eigenvalue weighted by Crippen LogP contribution is 2.35. The molecule has 2 atom stereocenters. The zero-order chi connectivity index (χ0) is 26.1. The van der Waals surface area contributed by atoms with E-state index in [1.807, 2.05) is 58.3 Å². The number of hydrogen-bond acceptors (Lipinski definition) is 7. The van der Waals surface area contributed by atoms with Crippen LogP contribution in [0, 0.1) is 0 Å². The first kappa shape index (κ1) is 25.0. The maximum atomic E-state index is 13.2. The van der Waals surface area contributed by atoms with Crippen molar-refractivity contribution >= 4 is 44.8 Å². The highest BCUT2D eigenvalue weighted by Gasteiger charge is 2.26. The van der Waals surface area contributed by atoms with Crippen LogP contribution in [0.5, 0.6) is 5.75 Å². The van der Waals surface area contributed by atoms with Gasteiger partial charge in [0.05, 0.1) is 23.4 Å². The molecule has 5 aromatic rings. The summed E-state index contributed by atoms with van der Waals surface area (Å²) in [5.74, 6) is 1.31. The van der Waals surface area contributed by atoms with Crippen LogP contribution in [0.3, 0.4) is 0 Å². The summed E-state index contributed by atoms with van der Waals surface area (Å²) < 4.78 is 22.6. The van der Waals surface area contributed by atoms with Gasteiger partial charge in [0.2, 0.25) is 5.95 Å². The molecule has 1 aliphatic heterocycles. The van der Waals surface area contributed by atoms with Crippen LogP contribution in [0.2, 0.25) is 5.02 Å². The number of ether oxygens (including phenoxy) is 1. The van der Waals surface area contributed by atoms with E-state index in [0.29, 0.717) is 17.5 Å². The van der Waals surface area contributed by atoms with Crippen molar-refractivity contribution in [1.29, 1.82) is 0 Å². The molecule has 0 bridgehead atoms. The Hall–Kier alpha value is -3.31. The molecular weight excluding hydrogens is 540 g/mol. The molecule has 0 spiro atoms. The first-order valence-corrected chi connectivity index (χ1v) is 14.6. The van der Waals surface area contributed by atoms with Crippen LogP contribution in [0.4, 0.5) is 5.95 Å². The summed E-state index contributed by atoms with van der Waals surface area (Å²) in [6.45, 7) is 1.39. The number of nitrogens with one attached hydrogen (secondary N) is 1. The Labute approximate surface area is 231 Å². The lowest BCUT2D eigenvalue weighted by molar-refractivity contribution is 0.342. The summed E-state index contributed by atoms with van der Waals surface area (Å²) in [7, 11) is 0.408. The Kier molecular flexibility index (Phi) is 7.12. The van der Waals surface area contributed by atoms with Crippen molar-refractivity contribution in [3.8, 4) is 28.4 Å². The summed E-state index contributed by atoms with van der Waals surface area (Å²) in [6.07, 6.45) is 5.64. The van der Waals surface area contributed by atoms with Crippen LogP contribution in [0.15, 0.2) is 77.3 Å². The van der Waals surface area contributed by atoms with E-state index in [1.165, 1.54) is 0 Å². The van der Waals surface area contributed by atoms with Crippen LogP contribution >= 0.6 is 22.9 Å². The fourth-order valence-electron chi connectivity index (χ4n) is 4.66. The van der Waals surface area contributed by atoms with Crippen molar-refractivity contribution in [3.63, 3.8) is 0 Å². The number of anilines is 1. The van der Waals surface area contributed by atoms with E-state index in [4.69, 9.17) is 26.3 Å². The normalized spacial score (nSPS) is 16.9. The molecule has 8 nitrogen and oxygen atoms in total. The number of thiazole rings is 1. The molecule has 11 heteroatoms. The molecule has 2 aromatic carbocycles. The number of rotatable bonds is 7. The van der Waals surface area contributed by atoms with Crippen molar-refractivity contribution in [3.05, 3.63) is 77.4 Å². The van der Waals surface area contributed by atoms with Gasteiger partial charge in [-0.05, 0) is 55.3 Å². The predicted molar refractivity (Wildman–Crippen MR) is 152 cm³/mol. The van der Waals surface area contributed by atoms with E-state index in [2.05, 4.69) is 14.7 Å². The maximum absolute atomic E-state index is 13.2. The lowest BCUT2D eigenvalue weighted by atomic mass is 10.1. The van der Waals surface area contributed by atoms with Gasteiger partial charge in [-0.1, -0.05) is 23.7 Å². The minimum absolute atomic E-state index is 0.0692. The van der Waals surface area contributed by atoms with Gasteiger partial charge < -0.3 is 10.1 Å². The molecule has 1 fully saturated rings. The summed E-state index contributed by atoms with van der Waals surface area (Å²) in [6, 6.07) is 17.0. The minimum atomic E-state index is -1.25. The monoisotopic (exact) mass is 564 g/mol. The molecule has 2 unspecified atom stereocenters. The molecule has 0 aliphatic carbocycles. The molecule has 1 N–H and O–H groups in total. The van der Waals surface area contributed by atoms with Crippen molar-refractivity contribution in [2.75, 3.05) is 25.5 Å². The third-order valence-electron chi connectivity index (χ3n) is 6.47. The van der Waals surface area contributed by atoms with Gasteiger partial charge in [0.1, 0.15) is 22.4 Å². The summed E-state index contributed by atoms with van der Waals surface area (Å²) in [5.41, 5.74) is 3.45. The van der Waals surface area contributed by atoms with Gasteiger partial charge in [0, 0.05) is 47.5 Å². The van der Waals surface area contributed by atoms with Gasteiger partial charge >= 0.3 is 0 Å². The number of methoxy groups -OCH3 is 1. The number of fused-ring (bicyclic) bond motifs is 1. The highest BCUT2D eigenvalue weighted by atomic mass is 35.5. The van der Waals surface area contributed by atoms with Gasteiger partial charge in [-0.25, -0.2) is 23.5 Å². The first-order chi connectivity index (χ1) is 18.6. The molecule has 194 valence electrons. The zero-order valence-corrected chi connectivity index (χ0v) is 23.0. The van der Waals surface area contributed by atoms with Gasteiger partial charge in [-0.15, -0.1) is 11.3 Å². The fourth-order valence-corrected chi connectivity index (χ4v) is 6.77.